The molecular weight excluding hydrogens is 502 g/mol. The second-order valence-corrected chi connectivity index (χ2v) is 12.0. The number of carbonyl (C=O) groups excluding carboxylic acids is 3. The summed E-state index contributed by atoms with van der Waals surface area (Å²) in [6, 6.07) is 6.96. The van der Waals surface area contributed by atoms with E-state index >= 15 is 0 Å². The number of anilines is 1. The quantitative estimate of drug-likeness (QED) is 0.413. The number of rotatable bonds is 7. The Kier molecular flexibility index (Phi) is 8.75. The fraction of sp³-hybridized carbons (Fsp3) is 0.690. The number of nitrogens with zero attached hydrogens (tertiary/aromatic N) is 1. The average Bonchev–Trinajstić information content (AvgIpc) is 3.36. The van der Waals surface area contributed by atoms with Crippen molar-refractivity contribution in [3.63, 3.8) is 0 Å². The molecule has 3 aliphatic rings. The van der Waals surface area contributed by atoms with Gasteiger partial charge in [0.05, 0.1) is 19.8 Å². The van der Waals surface area contributed by atoms with E-state index in [0.717, 1.165) is 6.42 Å². The molecule has 0 aromatic heterocycles. The van der Waals surface area contributed by atoms with Gasteiger partial charge in [0.1, 0.15) is 11.9 Å². The molecule has 0 spiro atoms. The maximum Gasteiger partial charge on any atom is 0.411 e. The molecule has 0 bridgehead atoms. The molecule has 39 heavy (non-hydrogen) atoms. The van der Waals surface area contributed by atoms with E-state index in [9.17, 15) is 24.6 Å². The van der Waals surface area contributed by atoms with E-state index in [1.807, 2.05) is 6.92 Å². The number of likely N-dealkylation sites (tertiary alicyclic amines) is 1. The van der Waals surface area contributed by atoms with E-state index in [1.165, 1.54) is 6.92 Å². The molecule has 1 saturated heterocycles. The van der Waals surface area contributed by atoms with Crippen LogP contribution >= 0.6 is 0 Å². The SMILES string of the molecule is COc1cccc(NC(=O)O[C@@H]2CC[C@]3(C)[C@@H](CC[C@@H](O)[C@H]3CC(=O)N3CC[C@H](NC(C)=O)C3)[C@]2(C)CO)c1. The van der Waals surface area contributed by atoms with Crippen LogP contribution in [0.5, 0.6) is 5.75 Å². The van der Waals surface area contributed by atoms with Gasteiger partial charge < -0.3 is 29.9 Å². The first-order chi connectivity index (χ1) is 18.5. The van der Waals surface area contributed by atoms with Crippen molar-refractivity contribution in [2.75, 3.05) is 32.1 Å². The predicted octanol–water partition coefficient (Wildman–Crippen LogP) is 2.93. The van der Waals surface area contributed by atoms with E-state index in [2.05, 4.69) is 17.6 Å². The van der Waals surface area contributed by atoms with Gasteiger partial charge in [-0.25, -0.2) is 4.79 Å². The Morgan fingerprint density at radius 3 is 2.62 bits per heavy atom. The normalized spacial score (nSPS) is 34.1. The Labute approximate surface area is 230 Å². The lowest BCUT2D eigenvalue weighted by molar-refractivity contribution is -0.186. The monoisotopic (exact) mass is 545 g/mol. The Balaban J connectivity index is 1.45. The standard InChI is InChI=1S/C29H43N3O7/c1-18(34)30-20-11-13-32(16-20)26(36)15-22-23(35)8-9-24-28(22,2)12-10-25(29(24,3)17-33)39-27(37)31-19-6-5-7-21(14-19)38-4/h5-7,14,20,22-25,33,35H,8-13,15-17H2,1-4H3,(H,30,34)(H,31,37)/t20-,22+,23+,24+,25+,28-,29-/m0/s1. The maximum absolute atomic E-state index is 13.3. The number of ether oxygens (including phenoxy) is 2. The zero-order valence-corrected chi connectivity index (χ0v) is 23.4. The molecule has 10 heteroatoms. The molecular formula is C29H43N3O7. The molecule has 3 fully saturated rings. The van der Waals surface area contributed by atoms with Crippen molar-refractivity contribution in [2.24, 2.45) is 22.7 Å². The first-order valence-corrected chi connectivity index (χ1v) is 14.0. The molecule has 2 saturated carbocycles. The second kappa shape index (κ2) is 11.7. The highest BCUT2D eigenvalue weighted by Crippen LogP contribution is 2.61. The summed E-state index contributed by atoms with van der Waals surface area (Å²) in [4.78, 5) is 39.4. The van der Waals surface area contributed by atoms with Crippen LogP contribution in [0.1, 0.15) is 59.3 Å². The number of nitrogens with one attached hydrogen (secondary N) is 2. The Morgan fingerprint density at radius 2 is 1.92 bits per heavy atom. The van der Waals surface area contributed by atoms with Gasteiger partial charge in [-0.2, -0.15) is 0 Å². The van der Waals surface area contributed by atoms with E-state index in [-0.39, 0.29) is 42.7 Å². The third kappa shape index (κ3) is 6.01. The topological polar surface area (TPSA) is 137 Å². The molecule has 1 heterocycles. The van der Waals surface area contributed by atoms with Crippen molar-refractivity contribution in [1.29, 1.82) is 0 Å². The van der Waals surface area contributed by atoms with Gasteiger partial charge >= 0.3 is 6.09 Å². The van der Waals surface area contributed by atoms with Crippen LogP contribution in [0.3, 0.4) is 0 Å². The fourth-order valence-corrected chi connectivity index (χ4v) is 7.47. The number of carbonyl (C=O) groups is 3. The lowest BCUT2D eigenvalue weighted by Gasteiger charge is -2.60. The number of hydrogen-bond acceptors (Lipinski definition) is 7. The maximum atomic E-state index is 13.3. The lowest BCUT2D eigenvalue weighted by Crippen LogP contribution is -2.61. The fourth-order valence-electron chi connectivity index (χ4n) is 7.47. The number of aliphatic hydroxyl groups excluding tert-OH is 2. The minimum Gasteiger partial charge on any atom is -0.497 e. The Morgan fingerprint density at radius 1 is 1.15 bits per heavy atom. The van der Waals surface area contributed by atoms with Crippen LogP contribution in [0.15, 0.2) is 24.3 Å². The largest absolute Gasteiger partial charge is 0.497 e. The summed E-state index contributed by atoms with van der Waals surface area (Å²) in [6.07, 6.45) is 1.56. The zero-order chi connectivity index (χ0) is 28.4. The highest BCUT2D eigenvalue weighted by Gasteiger charge is 2.60. The first-order valence-electron chi connectivity index (χ1n) is 14.0. The molecule has 216 valence electrons. The molecule has 3 amide bonds. The van der Waals surface area contributed by atoms with E-state index in [1.54, 1.807) is 36.3 Å². The summed E-state index contributed by atoms with van der Waals surface area (Å²) in [5.74, 6) is 0.163. The van der Waals surface area contributed by atoms with Gasteiger partial charge in [0.15, 0.2) is 0 Å². The average molecular weight is 546 g/mol. The third-order valence-electron chi connectivity index (χ3n) is 9.58. The molecule has 4 rings (SSSR count). The van der Waals surface area contributed by atoms with Crippen molar-refractivity contribution >= 4 is 23.6 Å². The van der Waals surface area contributed by atoms with E-state index in [0.29, 0.717) is 50.2 Å². The van der Waals surface area contributed by atoms with Crippen LogP contribution < -0.4 is 15.4 Å². The van der Waals surface area contributed by atoms with Crippen LogP contribution in [0.2, 0.25) is 0 Å². The van der Waals surface area contributed by atoms with E-state index < -0.39 is 29.1 Å². The number of aliphatic hydroxyl groups is 2. The first kappa shape index (κ1) is 29.1. The van der Waals surface area contributed by atoms with Crippen molar-refractivity contribution < 1.29 is 34.1 Å². The molecule has 10 nitrogen and oxygen atoms in total. The van der Waals surface area contributed by atoms with Gasteiger partial charge in [-0.15, -0.1) is 0 Å². The van der Waals surface area contributed by atoms with Crippen LogP contribution in [0.25, 0.3) is 0 Å². The van der Waals surface area contributed by atoms with Crippen molar-refractivity contribution in [1.82, 2.24) is 10.2 Å². The number of methoxy groups -OCH3 is 1. The lowest BCUT2D eigenvalue weighted by atomic mass is 9.46. The summed E-state index contributed by atoms with van der Waals surface area (Å²) in [5, 5.41) is 27.4. The van der Waals surface area contributed by atoms with Crippen molar-refractivity contribution in [3.05, 3.63) is 24.3 Å². The van der Waals surface area contributed by atoms with Crippen LogP contribution in [-0.2, 0) is 14.3 Å². The second-order valence-electron chi connectivity index (χ2n) is 12.0. The van der Waals surface area contributed by atoms with Crippen LogP contribution in [-0.4, -0.2) is 78.1 Å². The third-order valence-corrected chi connectivity index (χ3v) is 9.58. The van der Waals surface area contributed by atoms with Crippen LogP contribution in [0.4, 0.5) is 10.5 Å². The zero-order valence-electron chi connectivity index (χ0n) is 23.4. The summed E-state index contributed by atoms with van der Waals surface area (Å²) < 4.78 is 11.1. The summed E-state index contributed by atoms with van der Waals surface area (Å²) in [7, 11) is 1.55. The summed E-state index contributed by atoms with van der Waals surface area (Å²) >= 11 is 0. The molecule has 1 aromatic carbocycles. The summed E-state index contributed by atoms with van der Waals surface area (Å²) in [5.41, 5.74) is -0.595. The van der Waals surface area contributed by atoms with Crippen molar-refractivity contribution in [2.45, 2.75) is 77.5 Å². The number of fused-ring (bicyclic) bond motifs is 1. The highest BCUT2D eigenvalue weighted by molar-refractivity contribution is 5.85. The predicted molar refractivity (Wildman–Crippen MR) is 145 cm³/mol. The molecule has 0 radical (unpaired) electrons. The van der Waals surface area contributed by atoms with Gasteiger partial charge in [-0.3, -0.25) is 14.9 Å². The molecule has 4 N–H and O–H groups in total. The van der Waals surface area contributed by atoms with Gasteiger partial charge in [-0.05, 0) is 61.5 Å². The smallest absolute Gasteiger partial charge is 0.411 e. The molecule has 1 aromatic rings. The highest BCUT2D eigenvalue weighted by atomic mass is 16.6. The van der Waals surface area contributed by atoms with Gasteiger partial charge in [0.2, 0.25) is 11.8 Å². The Bertz CT molecular complexity index is 1070. The number of hydrogen-bond donors (Lipinski definition) is 4. The summed E-state index contributed by atoms with van der Waals surface area (Å²) in [6.45, 7) is 6.43. The van der Waals surface area contributed by atoms with Gasteiger partial charge in [0.25, 0.3) is 0 Å². The Hall–Kier alpha value is -2.85. The van der Waals surface area contributed by atoms with Gasteiger partial charge in [0, 0.05) is 49.6 Å². The minimum absolute atomic E-state index is 0.0180. The molecule has 1 aliphatic heterocycles. The molecule has 7 atom stereocenters. The van der Waals surface area contributed by atoms with Gasteiger partial charge in [-0.1, -0.05) is 19.9 Å². The number of amides is 3. The van der Waals surface area contributed by atoms with Crippen molar-refractivity contribution in [3.8, 4) is 5.75 Å². The molecule has 0 unspecified atom stereocenters. The van der Waals surface area contributed by atoms with E-state index in [4.69, 9.17) is 9.47 Å². The molecule has 2 aliphatic carbocycles. The van der Waals surface area contributed by atoms with Crippen LogP contribution in [0, 0.1) is 22.7 Å². The minimum atomic E-state index is -0.732. The number of benzene rings is 1.